The Morgan fingerprint density at radius 2 is 2.11 bits per heavy atom. The van der Waals surface area contributed by atoms with Crippen LogP contribution in [0.15, 0.2) is 18.5 Å². The minimum Gasteiger partial charge on any atom is -0.371 e. The zero-order chi connectivity index (χ0) is 13.7. The molecule has 106 valence electrons. The van der Waals surface area contributed by atoms with Crippen molar-refractivity contribution >= 4 is 5.69 Å². The van der Waals surface area contributed by atoms with E-state index in [0.717, 1.165) is 13.1 Å². The van der Waals surface area contributed by atoms with Gasteiger partial charge in [-0.05, 0) is 31.4 Å². The van der Waals surface area contributed by atoms with Gasteiger partial charge in [0.05, 0.1) is 0 Å². The van der Waals surface area contributed by atoms with Gasteiger partial charge in [-0.1, -0.05) is 26.7 Å². The Labute approximate surface area is 117 Å². The van der Waals surface area contributed by atoms with Crippen molar-refractivity contribution in [2.75, 3.05) is 18.5 Å². The van der Waals surface area contributed by atoms with Crippen LogP contribution in [-0.2, 0) is 6.54 Å². The fourth-order valence-electron chi connectivity index (χ4n) is 2.88. The van der Waals surface area contributed by atoms with Crippen molar-refractivity contribution < 1.29 is 0 Å². The monoisotopic (exact) mass is 261 g/mol. The Kier molecular flexibility index (Phi) is 5.20. The van der Waals surface area contributed by atoms with Crippen LogP contribution in [0.2, 0.25) is 0 Å². The molecule has 1 heterocycles. The lowest BCUT2D eigenvalue weighted by Crippen LogP contribution is -2.30. The molecule has 0 spiro atoms. The summed E-state index contributed by atoms with van der Waals surface area (Å²) in [6, 6.07) is 2.87. The lowest BCUT2D eigenvalue weighted by Gasteiger charge is -2.28. The van der Waals surface area contributed by atoms with Gasteiger partial charge in [-0.3, -0.25) is 4.98 Å². The minimum atomic E-state index is 0.688. The van der Waals surface area contributed by atoms with E-state index in [2.05, 4.69) is 42.2 Å². The lowest BCUT2D eigenvalue weighted by molar-refractivity contribution is 0.550. The van der Waals surface area contributed by atoms with Crippen LogP contribution < -0.4 is 10.2 Å². The zero-order valence-electron chi connectivity index (χ0n) is 12.5. The molecule has 19 heavy (non-hydrogen) atoms. The number of nitrogens with one attached hydrogen (secondary N) is 1. The van der Waals surface area contributed by atoms with Gasteiger partial charge >= 0.3 is 0 Å². The fourth-order valence-corrected chi connectivity index (χ4v) is 2.88. The van der Waals surface area contributed by atoms with Crippen LogP contribution in [0.5, 0.6) is 0 Å². The summed E-state index contributed by atoms with van der Waals surface area (Å²) in [4.78, 5) is 6.74. The van der Waals surface area contributed by atoms with E-state index >= 15 is 0 Å². The quantitative estimate of drug-likeness (QED) is 0.852. The summed E-state index contributed by atoms with van der Waals surface area (Å²) < 4.78 is 0. The van der Waals surface area contributed by atoms with E-state index in [1.807, 2.05) is 12.4 Å². The number of anilines is 1. The van der Waals surface area contributed by atoms with Gasteiger partial charge in [0, 0.05) is 43.3 Å². The van der Waals surface area contributed by atoms with E-state index in [0.29, 0.717) is 12.0 Å². The van der Waals surface area contributed by atoms with Crippen LogP contribution in [0.4, 0.5) is 5.69 Å². The van der Waals surface area contributed by atoms with Gasteiger partial charge in [-0.25, -0.2) is 0 Å². The number of rotatable bonds is 6. The molecule has 1 aliphatic carbocycles. The normalized spacial score (nSPS) is 16.2. The largest absolute Gasteiger partial charge is 0.371 e. The minimum absolute atomic E-state index is 0.688. The van der Waals surface area contributed by atoms with Gasteiger partial charge < -0.3 is 10.2 Å². The number of hydrogen-bond donors (Lipinski definition) is 1. The van der Waals surface area contributed by atoms with Crippen molar-refractivity contribution in [2.24, 2.45) is 5.92 Å². The molecule has 0 amide bonds. The van der Waals surface area contributed by atoms with Gasteiger partial charge in [0.25, 0.3) is 0 Å². The SMILES string of the molecule is CC(C)CNCc1cnccc1N(C)C1CCCC1. The average molecular weight is 261 g/mol. The van der Waals surface area contributed by atoms with Gasteiger partial charge in [-0.2, -0.15) is 0 Å². The highest BCUT2D eigenvalue weighted by Crippen LogP contribution is 2.28. The maximum absolute atomic E-state index is 4.29. The van der Waals surface area contributed by atoms with E-state index in [1.165, 1.54) is 36.9 Å². The predicted molar refractivity (Wildman–Crippen MR) is 81.4 cm³/mol. The Balaban J connectivity index is 2.02. The standard InChI is InChI=1S/C16H27N3/c1-13(2)10-18-12-14-11-17-9-8-16(14)19(3)15-6-4-5-7-15/h8-9,11,13,15,18H,4-7,10,12H2,1-3H3. The van der Waals surface area contributed by atoms with Crippen LogP contribution in [0, 0.1) is 5.92 Å². The van der Waals surface area contributed by atoms with Crippen molar-refractivity contribution in [1.82, 2.24) is 10.3 Å². The fraction of sp³-hybridized carbons (Fsp3) is 0.688. The van der Waals surface area contributed by atoms with Crippen LogP contribution in [0.1, 0.15) is 45.1 Å². The van der Waals surface area contributed by atoms with Crippen molar-refractivity contribution in [2.45, 2.75) is 52.1 Å². The zero-order valence-corrected chi connectivity index (χ0v) is 12.5. The molecule has 1 aromatic heterocycles. The molecular formula is C16H27N3. The molecule has 0 radical (unpaired) electrons. The molecule has 3 nitrogen and oxygen atoms in total. The summed E-state index contributed by atoms with van der Waals surface area (Å²) in [5.74, 6) is 0.688. The Bertz CT molecular complexity index is 383. The molecule has 3 heteroatoms. The maximum atomic E-state index is 4.29. The van der Waals surface area contributed by atoms with Crippen molar-refractivity contribution in [3.63, 3.8) is 0 Å². The Hall–Kier alpha value is -1.09. The first-order valence-electron chi connectivity index (χ1n) is 7.55. The second-order valence-corrected chi connectivity index (χ2v) is 6.08. The third-order valence-corrected chi connectivity index (χ3v) is 4.00. The summed E-state index contributed by atoms with van der Waals surface area (Å²) in [5, 5.41) is 3.52. The Morgan fingerprint density at radius 3 is 2.79 bits per heavy atom. The molecule has 0 aromatic carbocycles. The van der Waals surface area contributed by atoms with Gasteiger partial charge in [0.2, 0.25) is 0 Å². The third kappa shape index (κ3) is 3.93. The molecule has 1 N–H and O–H groups in total. The second kappa shape index (κ2) is 6.90. The molecule has 1 aliphatic rings. The first kappa shape index (κ1) is 14.3. The Morgan fingerprint density at radius 1 is 1.37 bits per heavy atom. The molecule has 2 rings (SSSR count). The number of hydrogen-bond acceptors (Lipinski definition) is 3. The molecule has 0 aliphatic heterocycles. The van der Waals surface area contributed by atoms with Crippen LogP contribution in [0.3, 0.4) is 0 Å². The smallest absolute Gasteiger partial charge is 0.0442 e. The molecular weight excluding hydrogens is 234 g/mol. The summed E-state index contributed by atoms with van der Waals surface area (Å²) >= 11 is 0. The van der Waals surface area contributed by atoms with E-state index < -0.39 is 0 Å². The highest BCUT2D eigenvalue weighted by Gasteiger charge is 2.21. The summed E-state index contributed by atoms with van der Waals surface area (Å²) in [6.07, 6.45) is 9.33. The topological polar surface area (TPSA) is 28.2 Å². The molecule has 0 bridgehead atoms. The highest BCUT2D eigenvalue weighted by atomic mass is 15.1. The van der Waals surface area contributed by atoms with Crippen LogP contribution in [-0.4, -0.2) is 24.6 Å². The predicted octanol–water partition coefficient (Wildman–Crippen LogP) is 3.21. The number of nitrogens with zero attached hydrogens (tertiary/aromatic N) is 2. The van der Waals surface area contributed by atoms with E-state index in [4.69, 9.17) is 0 Å². The first-order valence-corrected chi connectivity index (χ1v) is 7.55. The maximum Gasteiger partial charge on any atom is 0.0442 e. The molecule has 1 fully saturated rings. The summed E-state index contributed by atoms with van der Waals surface area (Å²) in [6.45, 7) is 6.45. The summed E-state index contributed by atoms with van der Waals surface area (Å²) in [5.41, 5.74) is 2.66. The van der Waals surface area contributed by atoms with E-state index in [1.54, 1.807) is 0 Å². The van der Waals surface area contributed by atoms with Crippen molar-refractivity contribution in [3.8, 4) is 0 Å². The molecule has 0 unspecified atom stereocenters. The summed E-state index contributed by atoms with van der Waals surface area (Å²) in [7, 11) is 2.23. The van der Waals surface area contributed by atoms with Crippen LogP contribution in [0.25, 0.3) is 0 Å². The van der Waals surface area contributed by atoms with Gasteiger partial charge in [-0.15, -0.1) is 0 Å². The van der Waals surface area contributed by atoms with Crippen molar-refractivity contribution in [3.05, 3.63) is 24.0 Å². The molecule has 0 saturated heterocycles. The molecule has 1 aromatic rings. The van der Waals surface area contributed by atoms with Gasteiger partial charge in [0.1, 0.15) is 0 Å². The number of pyridine rings is 1. The van der Waals surface area contributed by atoms with Gasteiger partial charge in [0.15, 0.2) is 0 Å². The average Bonchev–Trinajstić information content (AvgIpc) is 2.92. The third-order valence-electron chi connectivity index (χ3n) is 4.00. The van der Waals surface area contributed by atoms with E-state index in [9.17, 15) is 0 Å². The van der Waals surface area contributed by atoms with Crippen molar-refractivity contribution in [1.29, 1.82) is 0 Å². The molecule has 1 saturated carbocycles. The first-order chi connectivity index (χ1) is 9.18. The highest BCUT2D eigenvalue weighted by molar-refractivity contribution is 5.52. The second-order valence-electron chi connectivity index (χ2n) is 6.08. The lowest BCUT2D eigenvalue weighted by atomic mass is 10.1. The molecule has 0 atom stereocenters. The van der Waals surface area contributed by atoms with E-state index in [-0.39, 0.29) is 0 Å². The van der Waals surface area contributed by atoms with Crippen LogP contribution >= 0.6 is 0 Å². The number of aromatic nitrogens is 1.